The Labute approximate surface area is 241 Å². The van der Waals surface area contributed by atoms with Gasteiger partial charge in [-0.1, -0.05) is 43.5 Å². The molecule has 0 atom stereocenters. The van der Waals surface area contributed by atoms with Crippen molar-refractivity contribution >= 4 is 23.8 Å². The number of benzene rings is 2. The molecular weight excluding hydrogens is 518 g/mol. The van der Waals surface area contributed by atoms with Gasteiger partial charge in [0.2, 0.25) is 11.8 Å². The highest BCUT2D eigenvalue weighted by atomic mass is 32.2. The molecule has 6 rings (SSSR count). The molecular formula is C32H39N5O2S. The molecule has 2 aromatic carbocycles. The molecule has 7 nitrogen and oxygen atoms in total. The zero-order valence-electron chi connectivity index (χ0n) is 23.5. The first-order chi connectivity index (χ1) is 19.5. The summed E-state index contributed by atoms with van der Waals surface area (Å²) in [5, 5.41) is 3.41. The highest BCUT2D eigenvalue weighted by Crippen LogP contribution is 2.33. The van der Waals surface area contributed by atoms with Crippen LogP contribution < -0.4 is 14.8 Å². The van der Waals surface area contributed by atoms with Crippen molar-refractivity contribution in [3.8, 4) is 17.1 Å². The number of aryl methyl sites for hydroxylation is 2. The monoisotopic (exact) mass is 557 g/mol. The molecule has 3 aromatic rings. The van der Waals surface area contributed by atoms with E-state index in [1.165, 1.54) is 50.6 Å². The Morgan fingerprint density at radius 1 is 1.00 bits per heavy atom. The highest BCUT2D eigenvalue weighted by molar-refractivity contribution is 8.00. The Morgan fingerprint density at radius 3 is 2.52 bits per heavy atom. The van der Waals surface area contributed by atoms with Gasteiger partial charge in [-0.25, -0.2) is 4.98 Å². The van der Waals surface area contributed by atoms with Crippen LogP contribution in [-0.2, 0) is 0 Å². The lowest BCUT2D eigenvalue weighted by Gasteiger charge is -2.43. The normalized spacial score (nSPS) is 19.9. The van der Waals surface area contributed by atoms with E-state index in [9.17, 15) is 4.79 Å². The van der Waals surface area contributed by atoms with E-state index in [0.717, 1.165) is 59.1 Å². The maximum atomic E-state index is 13.5. The van der Waals surface area contributed by atoms with Crippen LogP contribution in [0.1, 0.15) is 66.4 Å². The summed E-state index contributed by atoms with van der Waals surface area (Å²) >= 11 is 1.39. The second-order valence-corrected chi connectivity index (χ2v) is 12.6. The van der Waals surface area contributed by atoms with Gasteiger partial charge in [-0.3, -0.25) is 9.52 Å². The number of nitrogens with zero attached hydrogens (tertiary/aromatic N) is 3. The Balaban J connectivity index is 1.30. The average molecular weight is 558 g/mol. The van der Waals surface area contributed by atoms with Crippen LogP contribution in [0.3, 0.4) is 0 Å². The van der Waals surface area contributed by atoms with Crippen LogP contribution in [-0.4, -0.2) is 52.6 Å². The zero-order chi connectivity index (χ0) is 27.5. The quantitative estimate of drug-likeness (QED) is 0.360. The van der Waals surface area contributed by atoms with E-state index >= 15 is 0 Å². The smallest absolute Gasteiger partial charge is 0.251 e. The first-order valence-electron chi connectivity index (χ1n) is 14.6. The number of aromatic nitrogens is 2. The van der Waals surface area contributed by atoms with Crippen LogP contribution in [0.4, 0.5) is 5.95 Å². The van der Waals surface area contributed by atoms with Gasteiger partial charge in [0.05, 0.1) is 11.2 Å². The fourth-order valence-electron chi connectivity index (χ4n) is 6.43. The number of hydrogen-bond acceptors (Lipinski definition) is 7. The Morgan fingerprint density at radius 2 is 1.75 bits per heavy atom. The van der Waals surface area contributed by atoms with Gasteiger partial charge in [0, 0.05) is 41.7 Å². The summed E-state index contributed by atoms with van der Waals surface area (Å²) < 4.78 is 9.74. The van der Waals surface area contributed by atoms with E-state index in [1.807, 2.05) is 30.3 Å². The third-order valence-electron chi connectivity index (χ3n) is 8.73. The summed E-state index contributed by atoms with van der Waals surface area (Å²) in [5.74, 6) is 1.75. The van der Waals surface area contributed by atoms with Crippen LogP contribution in [0.25, 0.3) is 11.3 Å². The second kappa shape index (κ2) is 11.8. The summed E-state index contributed by atoms with van der Waals surface area (Å²) in [6.07, 6.45) is 8.51. The number of rotatable bonds is 3. The third-order valence-corrected chi connectivity index (χ3v) is 9.50. The predicted molar refractivity (Wildman–Crippen MR) is 161 cm³/mol. The largest absolute Gasteiger partial charge is 0.475 e. The van der Waals surface area contributed by atoms with Crippen molar-refractivity contribution in [2.45, 2.75) is 69.2 Å². The maximum Gasteiger partial charge on any atom is 0.251 e. The van der Waals surface area contributed by atoms with Gasteiger partial charge in [0.15, 0.2) is 0 Å². The van der Waals surface area contributed by atoms with Gasteiger partial charge in [0.1, 0.15) is 6.61 Å². The predicted octanol–water partition coefficient (Wildman–Crippen LogP) is 6.42. The number of hydrogen-bond donors (Lipinski definition) is 2. The number of ether oxygens (including phenoxy) is 1. The molecule has 1 amide bonds. The minimum absolute atomic E-state index is 0.0555. The van der Waals surface area contributed by atoms with E-state index in [0.29, 0.717) is 24.0 Å². The fourth-order valence-corrected chi connectivity index (χ4v) is 7.06. The van der Waals surface area contributed by atoms with Gasteiger partial charge < -0.3 is 15.0 Å². The summed E-state index contributed by atoms with van der Waals surface area (Å²) in [4.78, 5) is 26.6. The number of amides is 1. The summed E-state index contributed by atoms with van der Waals surface area (Å²) in [5.41, 5.74) is 4.42. The molecule has 210 valence electrons. The molecule has 3 aliphatic rings. The lowest BCUT2D eigenvalue weighted by atomic mass is 9.85. The number of piperidine rings is 1. The molecule has 1 spiro atoms. The maximum absolute atomic E-state index is 13.5. The molecule has 40 heavy (non-hydrogen) atoms. The molecule has 4 bridgehead atoms. The van der Waals surface area contributed by atoms with Gasteiger partial charge in [-0.15, -0.1) is 0 Å². The number of nitrogens with one attached hydrogen (secondary N) is 2. The number of fused-ring (bicyclic) bond motifs is 4. The van der Waals surface area contributed by atoms with Gasteiger partial charge in [-0.2, -0.15) is 4.98 Å². The number of carbonyl (C=O) groups excluding carboxylic acids is 1. The van der Waals surface area contributed by atoms with E-state index in [1.54, 1.807) is 0 Å². The molecule has 1 saturated carbocycles. The Hall–Kier alpha value is -3.10. The standard InChI is InChI=1S/C32H39N5O2S/c1-22-8-6-9-23(2)29(22)27-19-28-34-31(33-27)36-40-26-13-7-12-25(18-26)30(38)35-32(21-39-28)14-16-37(17-15-32)20-24-10-4-3-5-11-24/h6-9,12-13,18-19,24H,3-5,10-11,14-17,20-21H2,1-2H3,(H,35,38)(H,33,34,36). The average Bonchev–Trinajstić information content (AvgIpc) is 2.97. The molecule has 1 aromatic heterocycles. The van der Waals surface area contributed by atoms with E-state index in [-0.39, 0.29) is 5.91 Å². The highest BCUT2D eigenvalue weighted by Gasteiger charge is 2.38. The van der Waals surface area contributed by atoms with E-state index in [2.05, 4.69) is 47.0 Å². The van der Waals surface area contributed by atoms with Crippen LogP contribution in [0.15, 0.2) is 53.4 Å². The van der Waals surface area contributed by atoms with Crippen LogP contribution >= 0.6 is 11.9 Å². The molecule has 8 heteroatoms. The van der Waals surface area contributed by atoms with Gasteiger partial charge >= 0.3 is 0 Å². The first-order valence-corrected chi connectivity index (χ1v) is 15.4. The minimum Gasteiger partial charge on any atom is -0.475 e. The van der Waals surface area contributed by atoms with Crippen molar-refractivity contribution in [2.24, 2.45) is 5.92 Å². The summed E-state index contributed by atoms with van der Waals surface area (Å²) in [6.45, 7) is 7.66. The Bertz CT molecular complexity index is 1340. The molecule has 0 radical (unpaired) electrons. The van der Waals surface area contributed by atoms with Crippen LogP contribution in [0.5, 0.6) is 5.88 Å². The van der Waals surface area contributed by atoms with Gasteiger partial charge in [-0.05, 0) is 86.7 Å². The number of carbonyl (C=O) groups is 1. The molecule has 1 saturated heterocycles. The summed E-state index contributed by atoms with van der Waals surface area (Å²) in [6, 6.07) is 15.9. The van der Waals surface area contributed by atoms with Crippen LogP contribution in [0, 0.1) is 19.8 Å². The fraction of sp³-hybridized carbons (Fsp3) is 0.469. The van der Waals surface area contributed by atoms with Crippen molar-refractivity contribution in [1.29, 1.82) is 0 Å². The van der Waals surface area contributed by atoms with Crippen LogP contribution in [0.2, 0.25) is 0 Å². The molecule has 1 aliphatic carbocycles. The van der Waals surface area contributed by atoms with Crippen molar-refractivity contribution in [2.75, 3.05) is 31.0 Å². The first kappa shape index (κ1) is 27.1. The van der Waals surface area contributed by atoms with Crippen molar-refractivity contribution in [3.63, 3.8) is 0 Å². The summed E-state index contributed by atoms with van der Waals surface area (Å²) in [7, 11) is 0. The second-order valence-electron chi connectivity index (χ2n) is 11.7. The molecule has 2 fully saturated rings. The van der Waals surface area contributed by atoms with Crippen molar-refractivity contribution in [3.05, 3.63) is 65.2 Å². The minimum atomic E-state index is -0.464. The van der Waals surface area contributed by atoms with Crippen molar-refractivity contribution < 1.29 is 9.53 Å². The molecule has 2 aliphatic heterocycles. The number of anilines is 1. The van der Waals surface area contributed by atoms with Gasteiger partial charge in [0.25, 0.3) is 5.91 Å². The third kappa shape index (κ3) is 6.13. The topological polar surface area (TPSA) is 79.4 Å². The van der Waals surface area contributed by atoms with E-state index < -0.39 is 5.54 Å². The van der Waals surface area contributed by atoms with E-state index in [4.69, 9.17) is 14.7 Å². The SMILES string of the molecule is Cc1cccc(C)c1-c1cc2nc(n1)NSc1cccc(c1)C(=O)NC1(CCN(CC3CCCCC3)CC1)CO2. The lowest BCUT2D eigenvalue weighted by molar-refractivity contribution is 0.0605. The zero-order valence-corrected chi connectivity index (χ0v) is 24.4. The molecule has 2 N–H and O–H groups in total. The molecule has 0 unspecified atom stereocenters. The molecule has 3 heterocycles. The lowest BCUT2D eigenvalue weighted by Crippen LogP contribution is -2.59. The number of likely N-dealkylation sites (tertiary alicyclic amines) is 1. The van der Waals surface area contributed by atoms with Crippen molar-refractivity contribution in [1.82, 2.24) is 20.2 Å². The Kier molecular flexibility index (Phi) is 7.98.